The van der Waals surface area contributed by atoms with Gasteiger partial charge in [0.2, 0.25) is 0 Å². The molecule has 0 bridgehead atoms. The van der Waals surface area contributed by atoms with Gasteiger partial charge in [-0.25, -0.2) is 4.79 Å². The van der Waals surface area contributed by atoms with E-state index in [1.54, 1.807) is 6.07 Å². The number of alkyl carbamates (subject to hydrolysis) is 1. The summed E-state index contributed by atoms with van der Waals surface area (Å²) < 4.78 is 16.2. The zero-order valence-electron chi connectivity index (χ0n) is 21.5. The molecule has 3 rings (SSSR count). The molecule has 1 aliphatic carbocycles. The number of H-pyrrole nitrogens is 1. The molecule has 1 aromatic carbocycles. The quantitative estimate of drug-likeness (QED) is 0.257. The van der Waals surface area contributed by atoms with Gasteiger partial charge < -0.3 is 35.1 Å². The minimum Gasteiger partial charge on any atom is -0.507 e. The van der Waals surface area contributed by atoms with Crippen LogP contribution in [0.4, 0.5) is 10.6 Å². The number of nitrogens with one attached hydrogen (secondary N) is 3. The molecule has 2 atom stereocenters. The lowest BCUT2D eigenvalue weighted by atomic mass is 10.0. The lowest BCUT2D eigenvalue weighted by Gasteiger charge is -2.14. The third-order valence-corrected chi connectivity index (χ3v) is 5.73. The van der Waals surface area contributed by atoms with Gasteiger partial charge in [-0.1, -0.05) is 0 Å². The number of rotatable bonds is 12. The highest BCUT2D eigenvalue weighted by atomic mass is 16.6. The molecule has 5 N–H and O–H groups in total. The molecular formula is C25H33N5O8. The number of aromatic hydroxyl groups is 1. The maximum atomic E-state index is 12.5. The van der Waals surface area contributed by atoms with E-state index >= 15 is 0 Å². The van der Waals surface area contributed by atoms with Gasteiger partial charge in [-0.3, -0.25) is 19.7 Å². The molecule has 0 spiro atoms. The Morgan fingerprint density at radius 2 is 2.05 bits per heavy atom. The normalized spacial score (nSPS) is 16.9. The molecule has 38 heavy (non-hydrogen) atoms. The Morgan fingerprint density at radius 3 is 2.76 bits per heavy atom. The van der Waals surface area contributed by atoms with Gasteiger partial charge in [-0.2, -0.15) is 5.10 Å². The molecule has 0 aliphatic heterocycles. The Hall–Kier alpha value is -4.29. The number of aliphatic imine (C=N–C) groups is 1. The van der Waals surface area contributed by atoms with Crippen LogP contribution in [0.5, 0.6) is 17.2 Å². The molecule has 0 saturated heterocycles. The lowest BCUT2D eigenvalue weighted by Crippen LogP contribution is -2.33. The number of aromatic amines is 1. The number of phenolic OH excluding ortho intramolecular Hbond substituents is 1. The molecule has 1 aromatic heterocycles. The maximum Gasteiger partial charge on any atom is 0.407 e. The van der Waals surface area contributed by atoms with E-state index in [4.69, 9.17) is 19.3 Å². The van der Waals surface area contributed by atoms with Crippen molar-refractivity contribution in [1.82, 2.24) is 15.5 Å². The summed E-state index contributed by atoms with van der Waals surface area (Å²) in [4.78, 5) is 39.0. The number of aliphatic carboxylic acids is 1. The van der Waals surface area contributed by atoms with E-state index in [9.17, 15) is 19.5 Å². The van der Waals surface area contributed by atoms with Crippen molar-refractivity contribution in [2.24, 2.45) is 4.99 Å². The molecule has 206 valence electrons. The van der Waals surface area contributed by atoms with E-state index in [2.05, 4.69) is 25.8 Å². The van der Waals surface area contributed by atoms with Crippen molar-refractivity contribution < 1.29 is 38.8 Å². The number of amides is 2. The third-order valence-electron chi connectivity index (χ3n) is 5.73. The van der Waals surface area contributed by atoms with Crippen molar-refractivity contribution >= 4 is 30.0 Å². The number of carboxylic acid groups (broad SMARTS) is 1. The minimum atomic E-state index is -0.995. The van der Waals surface area contributed by atoms with Gasteiger partial charge >= 0.3 is 12.1 Å². The van der Waals surface area contributed by atoms with Crippen molar-refractivity contribution in [2.45, 2.75) is 57.6 Å². The Balaban J connectivity index is 1.55. The molecule has 0 radical (unpaired) electrons. The average molecular weight is 532 g/mol. The fourth-order valence-electron chi connectivity index (χ4n) is 3.95. The summed E-state index contributed by atoms with van der Waals surface area (Å²) in [7, 11) is 1.42. The largest absolute Gasteiger partial charge is 0.507 e. The average Bonchev–Trinajstić information content (AvgIpc) is 3.50. The summed E-state index contributed by atoms with van der Waals surface area (Å²) in [5, 5.41) is 31.5. The molecule has 13 nitrogen and oxygen atoms in total. The van der Waals surface area contributed by atoms with Crippen LogP contribution in [0.3, 0.4) is 0 Å². The van der Waals surface area contributed by atoms with E-state index < -0.39 is 24.6 Å². The second-order valence-corrected chi connectivity index (χ2v) is 9.12. The number of nitrogens with zero attached hydrogens (tertiary/aromatic N) is 2. The van der Waals surface area contributed by atoms with E-state index in [1.165, 1.54) is 25.5 Å². The first-order valence-electron chi connectivity index (χ1n) is 12.2. The van der Waals surface area contributed by atoms with Crippen LogP contribution in [0.1, 0.15) is 56.7 Å². The Morgan fingerprint density at radius 1 is 1.26 bits per heavy atom. The van der Waals surface area contributed by atoms with Crippen LogP contribution in [-0.2, 0) is 14.3 Å². The van der Waals surface area contributed by atoms with Gasteiger partial charge in [0.15, 0.2) is 12.4 Å². The van der Waals surface area contributed by atoms with Gasteiger partial charge in [0.25, 0.3) is 5.91 Å². The number of hydrogen-bond donors (Lipinski definition) is 5. The number of carbonyl (C=O) groups excluding carboxylic acids is 2. The number of hydrogen-bond acceptors (Lipinski definition) is 9. The Bertz CT molecular complexity index is 1160. The SMILES string of the molecule is COc1cc(O)c(C=NCCC(=O)O)c(OCC(=O)Nc2cc([C@H]3CC[C@@H](OC(=O)NC(C)C)C3)[nH]n2)c1. The molecule has 0 unspecified atom stereocenters. The number of anilines is 1. The first-order valence-corrected chi connectivity index (χ1v) is 12.2. The smallest absolute Gasteiger partial charge is 0.407 e. The van der Waals surface area contributed by atoms with Crippen LogP contribution in [0, 0.1) is 0 Å². The third kappa shape index (κ3) is 8.39. The van der Waals surface area contributed by atoms with E-state index in [1.807, 2.05) is 13.8 Å². The Kier molecular flexibility index (Phi) is 9.91. The fraction of sp³-hybridized carbons (Fsp3) is 0.480. The summed E-state index contributed by atoms with van der Waals surface area (Å²) >= 11 is 0. The number of carbonyl (C=O) groups is 3. The summed E-state index contributed by atoms with van der Waals surface area (Å²) in [6.07, 6.45) is 2.71. The fourth-order valence-corrected chi connectivity index (χ4v) is 3.95. The predicted octanol–water partition coefficient (Wildman–Crippen LogP) is 2.81. The number of carboxylic acids is 1. The summed E-state index contributed by atoms with van der Waals surface area (Å²) in [5.74, 6) is -0.807. The molecule has 2 amide bonds. The summed E-state index contributed by atoms with van der Waals surface area (Å²) in [6, 6.07) is 4.57. The minimum absolute atomic E-state index is 0.000558. The highest BCUT2D eigenvalue weighted by molar-refractivity contribution is 5.92. The van der Waals surface area contributed by atoms with E-state index in [-0.39, 0.29) is 48.1 Å². The second-order valence-electron chi connectivity index (χ2n) is 9.12. The van der Waals surface area contributed by atoms with Crippen LogP contribution >= 0.6 is 0 Å². The van der Waals surface area contributed by atoms with Crippen LogP contribution in [0.25, 0.3) is 0 Å². The standard InChI is InChI=1S/C25H33N5O8/c1-14(2)27-25(35)38-16-5-4-15(8-16)19-11-22(30-29-19)28-23(32)13-37-21-10-17(36-3)9-20(31)18(21)12-26-7-6-24(33)34/h9-12,14-16,31H,4-8,13H2,1-3H3,(H,27,35)(H,33,34)(H2,28,29,30,32)/t15-,16+/m0/s1. The van der Waals surface area contributed by atoms with Gasteiger partial charge in [0.1, 0.15) is 23.4 Å². The number of benzene rings is 1. The number of ether oxygens (including phenoxy) is 3. The monoisotopic (exact) mass is 531 g/mol. The molecule has 1 saturated carbocycles. The first kappa shape index (κ1) is 28.3. The van der Waals surface area contributed by atoms with Crippen molar-refractivity contribution in [3.63, 3.8) is 0 Å². The highest BCUT2D eigenvalue weighted by Gasteiger charge is 2.30. The van der Waals surface area contributed by atoms with E-state index in [0.29, 0.717) is 18.0 Å². The van der Waals surface area contributed by atoms with Crippen LogP contribution < -0.4 is 20.1 Å². The van der Waals surface area contributed by atoms with Gasteiger partial charge in [0, 0.05) is 48.6 Å². The molecule has 2 aromatic rings. The molecule has 1 heterocycles. The summed E-state index contributed by atoms with van der Waals surface area (Å²) in [6.45, 7) is 3.35. The lowest BCUT2D eigenvalue weighted by molar-refractivity contribution is -0.136. The van der Waals surface area contributed by atoms with Gasteiger partial charge in [-0.15, -0.1) is 0 Å². The number of phenols is 1. The zero-order chi connectivity index (χ0) is 27.7. The van der Waals surface area contributed by atoms with Gasteiger partial charge in [0.05, 0.1) is 19.1 Å². The summed E-state index contributed by atoms with van der Waals surface area (Å²) in [5.41, 5.74) is 1.01. The second kappa shape index (κ2) is 13.3. The van der Waals surface area contributed by atoms with E-state index in [0.717, 1.165) is 18.5 Å². The Labute approximate surface area is 219 Å². The first-order chi connectivity index (χ1) is 18.1. The van der Waals surface area contributed by atoms with Crippen LogP contribution in [-0.4, -0.2) is 77.0 Å². The molecule has 1 fully saturated rings. The van der Waals surface area contributed by atoms with Crippen LogP contribution in [0.15, 0.2) is 23.2 Å². The van der Waals surface area contributed by atoms with Crippen molar-refractivity contribution in [3.8, 4) is 17.2 Å². The molecular weight excluding hydrogens is 498 g/mol. The maximum absolute atomic E-state index is 12.5. The molecule has 1 aliphatic rings. The number of methoxy groups -OCH3 is 1. The highest BCUT2D eigenvalue weighted by Crippen LogP contribution is 2.36. The molecule has 13 heteroatoms. The number of aromatic nitrogens is 2. The van der Waals surface area contributed by atoms with Crippen molar-refractivity contribution in [1.29, 1.82) is 0 Å². The zero-order valence-corrected chi connectivity index (χ0v) is 21.5. The van der Waals surface area contributed by atoms with Crippen LogP contribution in [0.2, 0.25) is 0 Å². The van der Waals surface area contributed by atoms with Crippen molar-refractivity contribution in [3.05, 3.63) is 29.5 Å². The topological polar surface area (TPSA) is 184 Å². The van der Waals surface area contributed by atoms with Gasteiger partial charge in [-0.05, 0) is 33.1 Å². The predicted molar refractivity (Wildman–Crippen MR) is 137 cm³/mol. The van der Waals surface area contributed by atoms with Crippen molar-refractivity contribution in [2.75, 3.05) is 25.6 Å².